The average molecular weight is 359 g/mol. The molecular weight excluding hydrogens is 338 g/mol. The summed E-state index contributed by atoms with van der Waals surface area (Å²) >= 11 is 0. The van der Waals surface area contributed by atoms with Crippen LogP contribution in [-0.2, 0) is 31.9 Å². The number of nitrogens with zero attached hydrogens (tertiary/aromatic N) is 4. The first-order valence-corrected chi connectivity index (χ1v) is 8.84. The fourth-order valence-corrected chi connectivity index (χ4v) is 3.38. The van der Waals surface area contributed by atoms with Crippen molar-refractivity contribution >= 4 is 16.8 Å². The Hall–Kier alpha value is -3.41. The molecule has 0 bridgehead atoms. The molecule has 0 saturated carbocycles. The summed E-state index contributed by atoms with van der Waals surface area (Å²) in [5, 5.41) is 8.34. The topological polar surface area (TPSA) is 64.7 Å². The highest BCUT2D eigenvalue weighted by molar-refractivity contribution is 5.89. The minimum absolute atomic E-state index is 0.00709. The van der Waals surface area contributed by atoms with Crippen molar-refractivity contribution in [3.8, 4) is 11.3 Å². The number of hydrogen-bond acceptors (Lipinski definition) is 3. The van der Waals surface area contributed by atoms with Gasteiger partial charge in [0.25, 0.3) is 0 Å². The number of rotatable bonds is 5. The Morgan fingerprint density at radius 3 is 2.74 bits per heavy atom. The number of carbonyl (C=O) groups is 1. The standard InChI is InChI=1S/C21H21N5O/c1-25-13-16(18-7-3-4-8-19(18)25)10-20(27)23-11-15-6-5-9-22-21(15)17-12-24-26(2)14-17/h3-9,12-14H,10-11H2,1-2H3,(H,23,27). The Kier molecular flexibility index (Phi) is 4.46. The molecule has 1 amide bonds. The third-order valence-electron chi connectivity index (χ3n) is 4.68. The van der Waals surface area contributed by atoms with E-state index in [4.69, 9.17) is 0 Å². The number of para-hydroxylation sites is 1. The van der Waals surface area contributed by atoms with E-state index < -0.39 is 0 Å². The first-order chi connectivity index (χ1) is 13.1. The Morgan fingerprint density at radius 1 is 1.07 bits per heavy atom. The fraction of sp³-hybridized carbons (Fsp3) is 0.190. The molecule has 0 spiro atoms. The molecule has 1 N–H and O–H groups in total. The van der Waals surface area contributed by atoms with E-state index >= 15 is 0 Å². The summed E-state index contributed by atoms with van der Waals surface area (Å²) in [5.41, 5.74) is 4.92. The fourth-order valence-electron chi connectivity index (χ4n) is 3.38. The number of aromatic nitrogens is 4. The van der Waals surface area contributed by atoms with Gasteiger partial charge in [0.05, 0.1) is 18.3 Å². The summed E-state index contributed by atoms with van der Waals surface area (Å²) in [4.78, 5) is 17.0. The highest BCUT2D eigenvalue weighted by Gasteiger charge is 2.12. The molecule has 6 heteroatoms. The molecule has 1 aromatic carbocycles. The van der Waals surface area contributed by atoms with E-state index in [2.05, 4.69) is 32.1 Å². The number of fused-ring (bicyclic) bond motifs is 1. The predicted octanol–water partition coefficient (Wildman–Crippen LogP) is 2.83. The largest absolute Gasteiger partial charge is 0.352 e. The maximum absolute atomic E-state index is 12.5. The van der Waals surface area contributed by atoms with E-state index in [1.807, 2.05) is 50.8 Å². The lowest BCUT2D eigenvalue weighted by Crippen LogP contribution is -2.24. The van der Waals surface area contributed by atoms with Gasteiger partial charge in [-0.25, -0.2) is 0 Å². The van der Waals surface area contributed by atoms with Crippen LogP contribution in [0.5, 0.6) is 0 Å². The Bertz CT molecular complexity index is 1110. The van der Waals surface area contributed by atoms with Crippen LogP contribution in [0.1, 0.15) is 11.1 Å². The molecule has 0 aliphatic carbocycles. The monoisotopic (exact) mass is 359 g/mol. The highest BCUT2D eigenvalue weighted by atomic mass is 16.1. The van der Waals surface area contributed by atoms with Gasteiger partial charge in [-0.15, -0.1) is 0 Å². The lowest BCUT2D eigenvalue weighted by atomic mass is 10.1. The first-order valence-electron chi connectivity index (χ1n) is 8.84. The van der Waals surface area contributed by atoms with Crippen LogP contribution < -0.4 is 5.32 Å². The number of aryl methyl sites for hydroxylation is 2. The lowest BCUT2D eigenvalue weighted by Gasteiger charge is -2.08. The highest BCUT2D eigenvalue weighted by Crippen LogP contribution is 2.22. The molecule has 27 heavy (non-hydrogen) atoms. The van der Waals surface area contributed by atoms with Crippen LogP contribution in [-0.4, -0.2) is 25.2 Å². The van der Waals surface area contributed by atoms with Crippen LogP contribution in [0.2, 0.25) is 0 Å². The molecule has 3 aromatic heterocycles. The van der Waals surface area contributed by atoms with E-state index in [9.17, 15) is 4.79 Å². The summed E-state index contributed by atoms with van der Waals surface area (Å²) in [5.74, 6) is -0.00709. The molecule has 0 aliphatic rings. The SMILES string of the molecule is Cn1cc(-c2ncccc2CNC(=O)Cc2cn(C)c3ccccc23)cn1. The second kappa shape index (κ2) is 7.07. The molecule has 4 rings (SSSR count). The van der Waals surface area contributed by atoms with Crippen molar-refractivity contribution in [3.63, 3.8) is 0 Å². The molecule has 0 radical (unpaired) electrons. The third kappa shape index (κ3) is 3.46. The summed E-state index contributed by atoms with van der Waals surface area (Å²) in [7, 11) is 3.87. The van der Waals surface area contributed by atoms with Gasteiger partial charge in [0.1, 0.15) is 0 Å². The zero-order chi connectivity index (χ0) is 18.8. The van der Waals surface area contributed by atoms with E-state index in [0.29, 0.717) is 13.0 Å². The summed E-state index contributed by atoms with van der Waals surface area (Å²) in [6, 6.07) is 12.0. The number of benzene rings is 1. The molecule has 6 nitrogen and oxygen atoms in total. The predicted molar refractivity (Wildman–Crippen MR) is 105 cm³/mol. The van der Waals surface area contributed by atoms with E-state index in [0.717, 1.165) is 33.3 Å². The van der Waals surface area contributed by atoms with Crippen molar-refractivity contribution in [1.82, 2.24) is 24.6 Å². The molecule has 3 heterocycles. The van der Waals surface area contributed by atoms with Gasteiger partial charge in [0.15, 0.2) is 0 Å². The summed E-state index contributed by atoms with van der Waals surface area (Å²) < 4.78 is 3.80. The second-order valence-electron chi connectivity index (χ2n) is 6.65. The quantitative estimate of drug-likeness (QED) is 0.596. The van der Waals surface area contributed by atoms with Gasteiger partial charge in [0.2, 0.25) is 5.91 Å². The van der Waals surface area contributed by atoms with Crippen LogP contribution >= 0.6 is 0 Å². The van der Waals surface area contributed by atoms with Crippen molar-refractivity contribution in [3.05, 3.63) is 72.3 Å². The zero-order valence-electron chi connectivity index (χ0n) is 15.4. The zero-order valence-corrected chi connectivity index (χ0v) is 15.4. The molecule has 4 aromatic rings. The smallest absolute Gasteiger partial charge is 0.224 e. The van der Waals surface area contributed by atoms with Gasteiger partial charge in [-0.3, -0.25) is 14.5 Å². The van der Waals surface area contributed by atoms with Gasteiger partial charge in [-0.05, 0) is 23.3 Å². The van der Waals surface area contributed by atoms with Gasteiger partial charge in [-0.1, -0.05) is 24.3 Å². The lowest BCUT2D eigenvalue weighted by molar-refractivity contribution is -0.120. The van der Waals surface area contributed by atoms with Gasteiger partial charge in [0, 0.05) is 55.7 Å². The number of pyridine rings is 1. The number of nitrogens with one attached hydrogen (secondary N) is 1. The molecule has 0 aliphatic heterocycles. The van der Waals surface area contributed by atoms with Crippen molar-refractivity contribution in [2.24, 2.45) is 14.1 Å². The van der Waals surface area contributed by atoms with E-state index in [1.165, 1.54) is 0 Å². The molecule has 136 valence electrons. The summed E-state index contributed by atoms with van der Waals surface area (Å²) in [6.07, 6.45) is 7.83. The Labute approximate surface area is 157 Å². The number of hydrogen-bond donors (Lipinski definition) is 1. The normalized spacial score (nSPS) is 11.0. The Balaban J connectivity index is 1.49. The van der Waals surface area contributed by atoms with Crippen molar-refractivity contribution in [2.75, 3.05) is 0 Å². The first kappa shape index (κ1) is 17.0. The van der Waals surface area contributed by atoms with Crippen molar-refractivity contribution < 1.29 is 4.79 Å². The van der Waals surface area contributed by atoms with Gasteiger partial charge in [-0.2, -0.15) is 5.10 Å². The second-order valence-corrected chi connectivity index (χ2v) is 6.65. The van der Waals surface area contributed by atoms with Crippen LogP contribution in [0.15, 0.2) is 61.2 Å². The molecule has 0 unspecified atom stereocenters. The molecule has 0 saturated heterocycles. The third-order valence-corrected chi connectivity index (χ3v) is 4.68. The van der Waals surface area contributed by atoms with Crippen LogP contribution in [0.4, 0.5) is 0 Å². The van der Waals surface area contributed by atoms with Crippen molar-refractivity contribution in [2.45, 2.75) is 13.0 Å². The molecule has 0 fully saturated rings. The van der Waals surface area contributed by atoms with Gasteiger partial charge >= 0.3 is 0 Å². The maximum Gasteiger partial charge on any atom is 0.224 e. The minimum Gasteiger partial charge on any atom is -0.352 e. The average Bonchev–Trinajstić information content (AvgIpc) is 3.24. The Morgan fingerprint density at radius 2 is 1.93 bits per heavy atom. The van der Waals surface area contributed by atoms with E-state index in [1.54, 1.807) is 17.1 Å². The minimum atomic E-state index is -0.00709. The van der Waals surface area contributed by atoms with Gasteiger partial charge < -0.3 is 9.88 Å². The number of amides is 1. The van der Waals surface area contributed by atoms with Crippen molar-refractivity contribution in [1.29, 1.82) is 0 Å². The van der Waals surface area contributed by atoms with Crippen LogP contribution in [0, 0.1) is 0 Å². The van der Waals surface area contributed by atoms with Crippen LogP contribution in [0.3, 0.4) is 0 Å². The summed E-state index contributed by atoms with van der Waals surface area (Å²) in [6.45, 7) is 0.432. The van der Waals surface area contributed by atoms with E-state index in [-0.39, 0.29) is 5.91 Å². The van der Waals surface area contributed by atoms with Crippen LogP contribution in [0.25, 0.3) is 22.2 Å². The number of carbonyl (C=O) groups excluding carboxylic acids is 1. The maximum atomic E-state index is 12.5. The molecular formula is C21H21N5O. The molecule has 0 atom stereocenters.